The SMILES string of the molecule is CN(Cc1ccccc1)S(=O)(=O)c1cccnc1N. The van der Waals surface area contributed by atoms with Gasteiger partial charge in [-0.1, -0.05) is 30.3 Å². The van der Waals surface area contributed by atoms with Crippen molar-refractivity contribution in [3.05, 3.63) is 54.2 Å². The van der Waals surface area contributed by atoms with Gasteiger partial charge in [-0.15, -0.1) is 0 Å². The molecule has 0 amide bonds. The summed E-state index contributed by atoms with van der Waals surface area (Å²) in [6.45, 7) is 0.289. The van der Waals surface area contributed by atoms with Crippen molar-refractivity contribution < 1.29 is 8.42 Å². The van der Waals surface area contributed by atoms with Crippen molar-refractivity contribution in [2.24, 2.45) is 0 Å². The van der Waals surface area contributed by atoms with Crippen LogP contribution in [0.1, 0.15) is 5.56 Å². The van der Waals surface area contributed by atoms with Gasteiger partial charge in [-0.2, -0.15) is 4.31 Å². The molecule has 0 saturated heterocycles. The molecule has 100 valence electrons. The van der Waals surface area contributed by atoms with Gasteiger partial charge in [-0.05, 0) is 17.7 Å². The minimum Gasteiger partial charge on any atom is -0.383 e. The molecule has 19 heavy (non-hydrogen) atoms. The molecule has 2 N–H and O–H groups in total. The fourth-order valence-electron chi connectivity index (χ4n) is 1.71. The minimum absolute atomic E-state index is 0.0161. The first-order valence-corrected chi connectivity index (χ1v) is 7.16. The summed E-state index contributed by atoms with van der Waals surface area (Å²) in [6.07, 6.45) is 1.46. The average Bonchev–Trinajstić information content (AvgIpc) is 2.40. The van der Waals surface area contributed by atoms with E-state index in [1.54, 1.807) is 6.07 Å². The molecule has 0 atom stereocenters. The summed E-state index contributed by atoms with van der Waals surface area (Å²) in [5.41, 5.74) is 6.53. The van der Waals surface area contributed by atoms with Crippen LogP contribution in [0, 0.1) is 0 Å². The predicted molar refractivity (Wildman–Crippen MR) is 73.7 cm³/mol. The summed E-state index contributed by atoms with van der Waals surface area (Å²) < 4.78 is 26.0. The number of sulfonamides is 1. The first kappa shape index (κ1) is 13.5. The van der Waals surface area contributed by atoms with Crippen molar-refractivity contribution in [3.63, 3.8) is 0 Å². The molecule has 2 rings (SSSR count). The molecule has 0 aliphatic heterocycles. The van der Waals surface area contributed by atoms with Crippen molar-refractivity contribution in [2.75, 3.05) is 12.8 Å². The van der Waals surface area contributed by atoms with Crippen LogP contribution >= 0.6 is 0 Å². The molecule has 0 unspecified atom stereocenters. The van der Waals surface area contributed by atoms with Gasteiger partial charge in [-0.3, -0.25) is 0 Å². The van der Waals surface area contributed by atoms with Crippen molar-refractivity contribution >= 4 is 15.8 Å². The Hall–Kier alpha value is -1.92. The van der Waals surface area contributed by atoms with Gasteiger partial charge in [0.15, 0.2) is 0 Å². The highest BCUT2D eigenvalue weighted by Gasteiger charge is 2.23. The second-order valence-corrected chi connectivity index (χ2v) is 6.15. The summed E-state index contributed by atoms with van der Waals surface area (Å²) in [5, 5.41) is 0. The monoisotopic (exact) mass is 277 g/mol. The van der Waals surface area contributed by atoms with Gasteiger partial charge in [0.05, 0.1) is 0 Å². The molecule has 1 aromatic heterocycles. The summed E-state index contributed by atoms with van der Waals surface area (Å²) in [5.74, 6) is 0.0161. The molecule has 0 aliphatic rings. The Morgan fingerprint density at radius 3 is 2.47 bits per heavy atom. The highest BCUT2D eigenvalue weighted by atomic mass is 32.2. The fourth-order valence-corrected chi connectivity index (χ4v) is 2.94. The Bertz CT molecular complexity index is 657. The van der Waals surface area contributed by atoms with Crippen LogP contribution in [-0.2, 0) is 16.6 Å². The van der Waals surface area contributed by atoms with E-state index in [0.717, 1.165) is 5.56 Å². The van der Waals surface area contributed by atoms with Crippen LogP contribution in [0.5, 0.6) is 0 Å². The van der Waals surface area contributed by atoms with E-state index in [0.29, 0.717) is 0 Å². The van der Waals surface area contributed by atoms with Crippen LogP contribution in [-0.4, -0.2) is 24.8 Å². The molecule has 2 aromatic rings. The molecular formula is C13H15N3O2S. The largest absolute Gasteiger partial charge is 0.383 e. The van der Waals surface area contributed by atoms with Gasteiger partial charge in [-0.25, -0.2) is 13.4 Å². The molecule has 0 fully saturated rings. The van der Waals surface area contributed by atoms with Gasteiger partial charge in [0, 0.05) is 19.8 Å². The number of hydrogen-bond acceptors (Lipinski definition) is 4. The third-order valence-corrected chi connectivity index (χ3v) is 4.59. The van der Waals surface area contributed by atoms with E-state index in [-0.39, 0.29) is 17.3 Å². The van der Waals surface area contributed by atoms with E-state index in [1.807, 2.05) is 30.3 Å². The van der Waals surface area contributed by atoms with Crippen LogP contribution in [0.4, 0.5) is 5.82 Å². The Balaban J connectivity index is 2.28. The van der Waals surface area contributed by atoms with E-state index in [2.05, 4.69) is 4.98 Å². The number of aromatic nitrogens is 1. The lowest BCUT2D eigenvalue weighted by Gasteiger charge is -2.17. The molecule has 0 saturated carbocycles. The van der Waals surface area contributed by atoms with Gasteiger partial charge in [0.2, 0.25) is 10.0 Å². The Morgan fingerprint density at radius 1 is 1.16 bits per heavy atom. The second-order valence-electron chi connectivity index (χ2n) is 4.13. The van der Waals surface area contributed by atoms with Crippen LogP contribution in [0.3, 0.4) is 0 Å². The van der Waals surface area contributed by atoms with Gasteiger partial charge < -0.3 is 5.73 Å². The smallest absolute Gasteiger partial charge is 0.246 e. The second kappa shape index (κ2) is 5.38. The molecule has 0 aliphatic carbocycles. The normalized spacial score (nSPS) is 11.7. The Labute approximate surface area is 112 Å². The first-order chi connectivity index (χ1) is 9.01. The van der Waals surface area contributed by atoms with Gasteiger partial charge >= 0.3 is 0 Å². The first-order valence-electron chi connectivity index (χ1n) is 5.72. The lowest BCUT2D eigenvalue weighted by molar-refractivity contribution is 0.467. The Kier molecular flexibility index (Phi) is 3.82. The zero-order valence-electron chi connectivity index (χ0n) is 10.5. The number of pyridine rings is 1. The number of nitrogen functional groups attached to an aromatic ring is 1. The zero-order chi connectivity index (χ0) is 13.9. The highest BCUT2D eigenvalue weighted by molar-refractivity contribution is 7.89. The number of anilines is 1. The van der Waals surface area contributed by atoms with Gasteiger partial charge in [0.25, 0.3) is 0 Å². The number of rotatable bonds is 4. The van der Waals surface area contributed by atoms with Crippen molar-refractivity contribution in [1.82, 2.24) is 9.29 Å². The Morgan fingerprint density at radius 2 is 1.84 bits per heavy atom. The minimum atomic E-state index is -3.62. The quantitative estimate of drug-likeness (QED) is 0.918. The molecule has 0 bridgehead atoms. The molecule has 0 radical (unpaired) electrons. The fraction of sp³-hybridized carbons (Fsp3) is 0.154. The predicted octanol–water partition coefficient (Wildman–Crippen LogP) is 1.48. The summed E-state index contributed by atoms with van der Waals surface area (Å²) in [7, 11) is -2.10. The molecule has 6 heteroatoms. The molecular weight excluding hydrogens is 262 g/mol. The van der Waals surface area contributed by atoms with Crippen LogP contribution in [0.15, 0.2) is 53.6 Å². The third-order valence-electron chi connectivity index (χ3n) is 2.74. The van der Waals surface area contributed by atoms with E-state index in [9.17, 15) is 8.42 Å². The molecule has 1 heterocycles. The van der Waals surface area contributed by atoms with Crippen molar-refractivity contribution in [1.29, 1.82) is 0 Å². The standard InChI is InChI=1S/C13H15N3O2S/c1-16(10-11-6-3-2-4-7-11)19(17,18)12-8-5-9-15-13(12)14/h2-9H,10H2,1H3,(H2,14,15). The van der Waals surface area contributed by atoms with Crippen molar-refractivity contribution in [2.45, 2.75) is 11.4 Å². The van der Waals surface area contributed by atoms with Crippen LogP contribution < -0.4 is 5.73 Å². The number of hydrogen-bond donors (Lipinski definition) is 1. The number of nitrogens with two attached hydrogens (primary N) is 1. The third kappa shape index (κ3) is 2.91. The maximum atomic E-state index is 12.4. The van der Waals surface area contributed by atoms with E-state index >= 15 is 0 Å². The molecule has 5 nitrogen and oxygen atoms in total. The lowest BCUT2D eigenvalue weighted by Crippen LogP contribution is -2.27. The van der Waals surface area contributed by atoms with E-state index in [4.69, 9.17) is 5.73 Å². The van der Waals surface area contributed by atoms with E-state index < -0.39 is 10.0 Å². The van der Waals surface area contributed by atoms with Crippen LogP contribution in [0.25, 0.3) is 0 Å². The summed E-state index contributed by atoms with van der Waals surface area (Å²) >= 11 is 0. The topological polar surface area (TPSA) is 76.3 Å². The highest BCUT2D eigenvalue weighted by Crippen LogP contribution is 2.20. The summed E-state index contributed by atoms with van der Waals surface area (Å²) in [6, 6.07) is 12.4. The van der Waals surface area contributed by atoms with Gasteiger partial charge in [0.1, 0.15) is 10.7 Å². The average molecular weight is 277 g/mol. The number of benzene rings is 1. The lowest BCUT2D eigenvalue weighted by atomic mass is 10.2. The van der Waals surface area contributed by atoms with E-state index in [1.165, 1.54) is 23.6 Å². The molecule has 1 aromatic carbocycles. The number of nitrogens with zero attached hydrogens (tertiary/aromatic N) is 2. The van der Waals surface area contributed by atoms with Crippen LogP contribution in [0.2, 0.25) is 0 Å². The maximum Gasteiger partial charge on any atom is 0.246 e. The summed E-state index contributed by atoms with van der Waals surface area (Å²) in [4.78, 5) is 3.84. The molecule has 0 spiro atoms. The van der Waals surface area contributed by atoms with Crippen molar-refractivity contribution in [3.8, 4) is 0 Å². The zero-order valence-corrected chi connectivity index (χ0v) is 11.3. The maximum absolute atomic E-state index is 12.4.